The van der Waals surface area contributed by atoms with Gasteiger partial charge in [-0.2, -0.15) is 0 Å². The molecule has 2 N–H and O–H groups in total. The van der Waals surface area contributed by atoms with Gasteiger partial charge in [0.1, 0.15) is 17.3 Å². The molecule has 1 aromatic heterocycles. The largest absolute Gasteiger partial charge is 0.383 e. The fourth-order valence-electron chi connectivity index (χ4n) is 2.21. The predicted octanol–water partition coefficient (Wildman–Crippen LogP) is 3.97. The lowest BCUT2D eigenvalue weighted by Gasteiger charge is -2.06. The molecule has 1 heterocycles. The normalized spacial score (nSPS) is 10.8. The molecule has 0 amide bonds. The van der Waals surface area contributed by atoms with Crippen LogP contribution in [0.25, 0.3) is 11.3 Å². The van der Waals surface area contributed by atoms with Gasteiger partial charge in [0.25, 0.3) is 0 Å². The summed E-state index contributed by atoms with van der Waals surface area (Å²) in [5.74, 6) is 0.0787. The Morgan fingerprint density at radius 3 is 2.62 bits per heavy atom. The van der Waals surface area contributed by atoms with Crippen LogP contribution in [0.5, 0.6) is 0 Å². The molecule has 5 heteroatoms. The second-order valence-electron chi connectivity index (χ2n) is 4.75. The van der Waals surface area contributed by atoms with Gasteiger partial charge in [-0.3, -0.25) is 0 Å². The number of benzene rings is 2. The highest BCUT2D eigenvalue weighted by Crippen LogP contribution is 2.28. The van der Waals surface area contributed by atoms with Crippen LogP contribution in [-0.2, 0) is 6.54 Å². The zero-order valence-corrected chi connectivity index (χ0v) is 11.9. The van der Waals surface area contributed by atoms with Gasteiger partial charge in [0.05, 0.1) is 12.9 Å². The Balaban J connectivity index is 1.95. The highest BCUT2D eigenvalue weighted by atomic mass is 35.5. The summed E-state index contributed by atoms with van der Waals surface area (Å²) in [5, 5.41) is 0.321. The van der Waals surface area contributed by atoms with E-state index in [2.05, 4.69) is 4.98 Å². The molecule has 0 spiro atoms. The van der Waals surface area contributed by atoms with Crippen LogP contribution >= 0.6 is 11.6 Å². The Bertz CT molecular complexity index is 748. The van der Waals surface area contributed by atoms with Crippen molar-refractivity contribution in [1.82, 2.24) is 9.55 Å². The minimum absolute atomic E-state index is 0.321. The molecule has 0 aliphatic heterocycles. The molecule has 106 valence electrons. The summed E-state index contributed by atoms with van der Waals surface area (Å²) >= 11 is 5.87. The Morgan fingerprint density at radius 2 is 1.90 bits per heavy atom. The average molecular weight is 302 g/mol. The molecule has 0 fully saturated rings. The molecule has 0 radical (unpaired) electrons. The number of hydrogen-bond acceptors (Lipinski definition) is 2. The smallest absolute Gasteiger partial charge is 0.131 e. The van der Waals surface area contributed by atoms with Crippen LogP contribution in [-0.4, -0.2) is 9.55 Å². The van der Waals surface area contributed by atoms with E-state index < -0.39 is 5.82 Å². The maximum Gasteiger partial charge on any atom is 0.131 e. The van der Waals surface area contributed by atoms with Gasteiger partial charge in [-0.1, -0.05) is 41.9 Å². The number of hydrogen-bond donors (Lipinski definition) is 1. The molecule has 0 aliphatic rings. The highest BCUT2D eigenvalue weighted by Gasteiger charge is 2.12. The third kappa shape index (κ3) is 2.90. The quantitative estimate of drug-likeness (QED) is 0.795. The molecule has 0 atom stereocenters. The van der Waals surface area contributed by atoms with E-state index in [1.165, 1.54) is 12.1 Å². The Morgan fingerprint density at radius 1 is 1.14 bits per heavy atom. The number of anilines is 1. The van der Waals surface area contributed by atoms with Crippen molar-refractivity contribution < 1.29 is 4.39 Å². The van der Waals surface area contributed by atoms with Gasteiger partial charge >= 0.3 is 0 Å². The number of rotatable bonds is 3. The fraction of sp³-hybridized carbons (Fsp3) is 0.0625. The van der Waals surface area contributed by atoms with E-state index in [4.69, 9.17) is 17.3 Å². The summed E-state index contributed by atoms with van der Waals surface area (Å²) in [7, 11) is 0. The van der Waals surface area contributed by atoms with Crippen LogP contribution in [0, 0.1) is 5.82 Å². The molecule has 0 aliphatic carbocycles. The fourth-order valence-corrected chi connectivity index (χ4v) is 2.43. The van der Waals surface area contributed by atoms with Crippen LogP contribution in [0.3, 0.4) is 0 Å². The predicted molar refractivity (Wildman–Crippen MR) is 82.6 cm³/mol. The monoisotopic (exact) mass is 301 g/mol. The van der Waals surface area contributed by atoms with E-state index in [9.17, 15) is 4.39 Å². The third-order valence-electron chi connectivity index (χ3n) is 3.21. The lowest BCUT2D eigenvalue weighted by Crippen LogP contribution is -2.03. The summed E-state index contributed by atoms with van der Waals surface area (Å²) in [6, 6.07) is 14.2. The molecule has 21 heavy (non-hydrogen) atoms. The lowest BCUT2D eigenvalue weighted by atomic mass is 10.1. The molecule has 3 aromatic rings. The molecule has 0 saturated heterocycles. The minimum Gasteiger partial charge on any atom is -0.383 e. The first-order chi connectivity index (χ1) is 10.1. The van der Waals surface area contributed by atoms with Gasteiger partial charge in [0.15, 0.2) is 0 Å². The van der Waals surface area contributed by atoms with Crippen LogP contribution in [0.4, 0.5) is 10.2 Å². The van der Waals surface area contributed by atoms with E-state index in [1.54, 1.807) is 12.4 Å². The second-order valence-corrected chi connectivity index (χ2v) is 5.19. The van der Waals surface area contributed by atoms with E-state index in [0.29, 0.717) is 28.6 Å². The van der Waals surface area contributed by atoms with Gasteiger partial charge in [-0.25, -0.2) is 9.37 Å². The number of halogens is 2. The van der Waals surface area contributed by atoms with Crippen molar-refractivity contribution in [2.24, 2.45) is 0 Å². The second kappa shape index (κ2) is 5.58. The third-order valence-corrected chi connectivity index (χ3v) is 3.43. The molecule has 0 unspecified atom stereocenters. The highest BCUT2D eigenvalue weighted by molar-refractivity contribution is 6.30. The zero-order chi connectivity index (χ0) is 14.8. The summed E-state index contributed by atoms with van der Waals surface area (Å²) in [4.78, 5) is 4.28. The number of imidazole rings is 1. The molecule has 0 saturated carbocycles. The van der Waals surface area contributed by atoms with Crippen LogP contribution < -0.4 is 5.73 Å². The van der Waals surface area contributed by atoms with Gasteiger partial charge in [0, 0.05) is 10.6 Å². The Labute approximate surface area is 126 Å². The first-order valence-corrected chi connectivity index (χ1v) is 6.82. The molecular formula is C16H13ClFN3. The number of nitrogens with two attached hydrogens (primary N) is 1. The summed E-state index contributed by atoms with van der Waals surface area (Å²) in [6.07, 6.45) is 1.65. The molecule has 2 aromatic carbocycles. The van der Waals surface area contributed by atoms with Gasteiger partial charge in [0.2, 0.25) is 0 Å². The maximum absolute atomic E-state index is 13.4. The van der Waals surface area contributed by atoms with Crippen molar-refractivity contribution in [3.8, 4) is 11.3 Å². The maximum atomic E-state index is 13.4. The summed E-state index contributed by atoms with van der Waals surface area (Å²) in [5.41, 5.74) is 8.34. The Hall–Kier alpha value is -2.33. The van der Waals surface area contributed by atoms with Crippen LogP contribution in [0.1, 0.15) is 5.56 Å². The van der Waals surface area contributed by atoms with Crippen molar-refractivity contribution in [3.63, 3.8) is 0 Å². The number of aromatic nitrogens is 2. The van der Waals surface area contributed by atoms with Crippen molar-refractivity contribution in [2.75, 3.05) is 5.73 Å². The van der Waals surface area contributed by atoms with Crippen molar-refractivity contribution >= 4 is 17.4 Å². The molecule has 3 nitrogen and oxygen atoms in total. The van der Waals surface area contributed by atoms with E-state index >= 15 is 0 Å². The molecular weight excluding hydrogens is 289 g/mol. The molecule has 3 rings (SSSR count). The van der Waals surface area contributed by atoms with Crippen LogP contribution in [0.2, 0.25) is 5.02 Å². The first kappa shape index (κ1) is 13.6. The van der Waals surface area contributed by atoms with Crippen molar-refractivity contribution in [3.05, 3.63) is 71.3 Å². The standard InChI is InChI=1S/C16H13ClFN3/c17-13-6-12(7-14(18)8-13)15-16(19)21(10-20-15)9-11-4-2-1-3-5-11/h1-8,10H,9,19H2. The average Bonchev–Trinajstić information content (AvgIpc) is 2.80. The summed E-state index contributed by atoms with van der Waals surface area (Å²) in [6.45, 7) is 0.614. The van der Waals surface area contributed by atoms with Crippen LogP contribution in [0.15, 0.2) is 54.9 Å². The Kier molecular flexibility index (Phi) is 3.62. The lowest BCUT2D eigenvalue weighted by molar-refractivity contribution is 0.628. The van der Waals surface area contributed by atoms with E-state index in [-0.39, 0.29) is 0 Å². The number of nitrogen functional groups attached to an aromatic ring is 1. The van der Waals surface area contributed by atoms with Gasteiger partial charge in [-0.15, -0.1) is 0 Å². The first-order valence-electron chi connectivity index (χ1n) is 6.44. The minimum atomic E-state index is -0.408. The van der Waals surface area contributed by atoms with E-state index in [0.717, 1.165) is 5.56 Å². The van der Waals surface area contributed by atoms with Crippen molar-refractivity contribution in [1.29, 1.82) is 0 Å². The summed E-state index contributed by atoms with van der Waals surface area (Å²) < 4.78 is 15.3. The number of nitrogens with zero attached hydrogens (tertiary/aromatic N) is 2. The van der Waals surface area contributed by atoms with Gasteiger partial charge in [-0.05, 0) is 23.8 Å². The van der Waals surface area contributed by atoms with E-state index in [1.807, 2.05) is 34.9 Å². The molecule has 0 bridgehead atoms. The van der Waals surface area contributed by atoms with Crippen molar-refractivity contribution in [2.45, 2.75) is 6.54 Å². The zero-order valence-electron chi connectivity index (χ0n) is 11.1. The SMILES string of the molecule is Nc1c(-c2cc(F)cc(Cl)c2)ncn1Cc1ccccc1. The topological polar surface area (TPSA) is 43.8 Å². The van der Waals surface area contributed by atoms with Gasteiger partial charge < -0.3 is 10.3 Å².